The minimum atomic E-state index is -1.14. The molecule has 3 nitrogen and oxygen atoms in total. The van der Waals surface area contributed by atoms with Crippen LogP contribution in [0.5, 0.6) is 0 Å². The Kier molecular flexibility index (Phi) is 4.53. The van der Waals surface area contributed by atoms with Gasteiger partial charge in [-0.3, -0.25) is 4.21 Å². The molecule has 136 valence electrons. The predicted octanol–water partition coefficient (Wildman–Crippen LogP) is 4.65. The van der Waals surface area contributed by atoms with Crippen LogP contribution in [0.25, 0.3) is 22.2 Å². The smallest absolute Gasteiger partial charge is 0.156 e. The van der Waals surface area contributed by atoms with Crippen LogP contribution in [0.4, 0.5) is 14.5 Å². The Hall–Kier alpha value is -2.21. The number of halogens is 2. The Balaban J connectivity index is 1.91. The van der Waals surface area contributed by atoms with Crippen LogP contribution in [0.2, 0.25) is 0 Å². The number of fused-ring (bicyclic) bond motifs is 1. The van der Waals surface area contributed by atoms with Crippen LogP contribution in [-0.2, 0) is 10.8 Å². The second kappa shape index (κ2) is 6.83. The van der Waals surface area contributed by atoms with Gasteiger partial charge in [0.25, 0.3) is 0 Å². The van der Waals surface area contributed by atoms with Crippen molar-refractivity contribution >= 4 is 27.4 Å². The summed E-state index contributed by atoms with van der Waals surface area (Å²) in [6.07, 6.45) is -0.406. The first-order valence-corrected chi connectivity index (χ1v) is 10.1. The lowest BCUT2D eigenvalue weighted by atomic mass is 10.1. The van der Waals surface area contributed by atoms with Gasteiger partial charge in [-0.2, -0.15) is 0 Å². The van der Waals surface area contributed by atoms with Crippen molar-refractivity contribution in [3.63, 3.8) is 0 Å². The molecule has 1 N–H and O–H groups in total. The van der Waals surface area contributed by atoms with Gasteiger partial charge in [0.05, 0.1) is 16.5 Å². The second-order valence-corrected chi connectivity index (χ2v) is 8.24. The van der Waals surface area contributed by atoms with Crippen molar-refractivity contribution in [3.8, 4) is 11.3 Å². The Morgan fingerprint density at radius 3 is 2.77 bits per heavy atom. The van der Waals surface area contributed by atoms with Gasteiger partial charge in [0.1, 0.15) is 6.17 Å². The van der Waals surface area contributed by atoms with E-state index in [9.17, 15) is 8.60 Å². The van der Waals surface area contributed by atoms with E-state index in [-0.39, 0.29) is 5.82 Å². The fourth-order valence-corrected chi connectivity index (χ4v) is 4.33. The molecule has 0 spiro atoms. The molecular weight excluding hydrogens is 354 g/mol. The largest absolute Gasteiger partial charge is 0.368 e. The van der Waals surface area contributed by atoms with E-state index in [1.807, 2.05) is 30.0 Å². The number of H-pyrrole nitrogens is 1. The number of rotatable bonds is 4. The van der Waals surface area contributed by atoms with Gasteiger partial charge in [-0.05, 0) is 36.8 Å². The van der Waals surface area contributed by atoms with E-state index in [2.05, 4.69) is 4.98 Å². The standard InChI is InChI=1S/C20H20F2N2OS/c1-2-26(25)14-7-8-18(24-10-9-13(21)12-24)16(11-14)20-19(22)15-5-3-4-6-17(15)23-20/h3-8,11,13,23H,2,9-10,12H2,1H3/t13?,26-/m1/s1. The lowest BCUT2D eigenvalue weighted by molar-refractivity contribution is 0.364. The van der Waals surface area contributed by atoms with Gasteiger partial charge in [0.15, 0.2) is 5.82 Å². The van der Waals surface area contributed by atoms with Crippen LogP contribution >= 0.6 is 0 Å². The molecule has 1 aromatic heterocycles. The van der Waals surface area contributed by atoms with Crippen LogP contribution < -0.4 is 4.90 Å². The molecule has 1 aliphatic rings. The number of aromatic nitrogens is 1. The highest BCUT2D eigenvalue weighted by Crippen LogP contribution is 2.38. The maximum atomic E-state index is 15.1. The molecule has 26 heavy (non-hydrogen) atoms. The van der Waals surface area contributed by atoms with E-state index in [4.69, 9.17) is 0 Å². The normalized spacial score (nSPS) is 18.6. The summed E-state index contributed by atoms with van der Waals surface area (Å²) in [6.45, 7) is 2.73. The molecule has 4 rings (SSSR count). The molecule has 0 saturated carbocycles. The molecule has 0 amide bonds. The van der Waals surface area contributed by atoms with E-state index in [0.717, 1.165) is 5.69 Å². The monoisotopic (exact) mass is 374 g/mol. The molecule has 2 heterocycles. The zero-order valence-electron chi connectivity index (χ0n) is 14.5. The van der Waals surface area contributed by atoms with E-state index in [0.29, 0.717) is 52.3 Å². The van der Waals surface area contributed by atoms with Crippen molar-refractivity contribution in [1.82, 2.24) is 4.98 Å². The van der Waals surface area contributed by atoms with Crippen LogP contribution in [0.3, 0.4) is 0 Å². The van der Waals surface area contributed by atoms with Crippen molar-refractivity contribution in [2.24, 2.45) is 0 Å². The number of anilines is 1. The Bertz CT molecular complexity index is 985. The van der Waals surface area contributed by atoms with Crippen LogP contribution in [0.15, 0.2) is 47.4 Å². The minimum Gasteiger partial charge on any atom is -0.368 e. The van der Waals surface area contributed by atoms with E-state index < -0.39 is 17.0 Å². The summed E-state index contributed by atoms with van der Waals surface area (Å²) >= 11 is 0. The Morgan fingerprint density at radius 1 is 1.27 bits per heavy atom. The zero-order valence-corrected chi connectivity index (χ0v) is 15.3. The quantitative estimate of drug-likeness (QED) is 0.722. The van der Waals surface area contributed by atoms with Gasteiger partial charge in [-0.25, -0.2) is 8.78 Å². The highest BCUT2D eigenvalue weighted by Gasteiger charge is 2.26. The summed E-state index contributed by atoms with van der Waals surface area (Å²) in [6, 6.07) is 12.6. The lowest BCUT2D eigenvalue weighted by Gasteiger charge is -2.21. The third-order valence-electron chi connectivity index (χ3n) is 4.88. The molecule has 1 unspecified atom stereocenters. The number of nitrogens with one attached hydrogen (secondary N) is 1. The molecular formula is C20H20F2N2OS. The van der Waals surface area contributed by atoms with Crippen LogP contribution in [0.1, 0.15) is 13.3 Å². The maximum absolute atomic E-state index is 15.1. The van der Waals surface area contributed by atoms with E-state index >= 15 is 4.39 Å². The molecule has 6 heteroatoms. The van der Waals surface area contributed by atoms with E-state index in [1.165, 1.54) is 0 Å². The van der Waals surface area contributed by atoms with Gasteiger partial charge in [-0.1, -0.05) is 19.1 Å². The summed E-state index contributed by atoms with van der Waals surface area (Å²) in [5.74, 6) is 0.154. The molecule has 0 bridgehead atoms. The molecule has 2 aromatic carbocycles. The van der Waals surface area contributed by atoms with Gasteiger partial charge >= 0.3 is 0 Å². The number of aromatic amines is 1. The first-order valence-electron chi connectivity index (χ1n) is 8.76. The van der Waals surface area contributed by atoms with Gasteiger partial charge in [0, 0.05) is 45.9 Å². The van der Waals surface area contributed by atoms with Gasteiger partial charge in [-0.15, -0.1) is 0 Å². The summed E-state index contributed by atoms with van der Waals surface area (Å²) in [5, 5.41) is 0.514. The van der Waals surface area contributed by atoms with Gasteiger partial charge in [0.2, 0.25) is 0 Å². The third kappa shape index (κ3) is 2.92. The molecule has 0 aliphatic carbocycles. The Morgan fingerprint density at radius 2 is 2.08 bits per heavy atom. The minimum absolute atomic E-state index is 0.297. The first-order chi connectivity index (χ1) is 12.6. The van der Waals surface area contributed by atoms with Crippen LogP contribution in [0, 0.1) is 5.82 Å². The molecule has 3 aromatic rings. The van der Waals surface area contributed by atoms with Crippen LogP contribution in [-0.4, -0.2) is 34.2 Å². The summed E-state index contributed by atoms with van der Waals surface area (Å²) in [5.41, 5.74) is 2.47. The van der Waals surface area contributed by atoms with Crippen molar-refractivity contribution in [2.45, 2.75) is 24.4 Å². The Labute approximate surface area is 153 Å². The number of para-hydroxylation sites is 1. The number of alkyl halides is 1. The number of hydrogen-bond acceptors (Lipinski definition) is 2. The highest BCUT2D eigenvalue weighted by molar-refractivity contribution is 7.85. The highest BCUT2D eigenvalue weighted by atomic mass is 32.2. The molecule has 1 saturated heterocycles. The number of nitrogens with zero attached hydrogens (tertiary/aromatic N) is 1. The van der Waals surface area contributed by atoms with E-state index in [1.54, 1.807) is 24.3 Å². The summed E-state index contributed by atoms with van der Waals surface area (Å²) < 4.78 is 41.1. The zero-order chi connectivity index (χ0) is 18.3. The average Bonchev–Trinajstić information content (AvgIpc) is 3.24. The van der Waals surface area contributed by atoms with Crippen molar-refractivity contribution in [2.75, 3.05) is 23.7 Å². The predicted molar refractivity (Wildman–Crippen MR) is 102 cm³/mol. The fraction of sp³-hybridized carbons (Fsp3) is 0.300. The molecule has 1 fully saturated rings. The number of hydrogen-bond donors (Lipinski definition) is 1. The third-order valence-corrected chi connectivity index (χ3v) is 6.18. The fourth-order valence-electron chi connectivity index (χ4n) is 3.53. The van der Waals surface area contributed by atoms with Gasteiger partial charge < -0.3 is 9.88 Å². The van der Waals surface area contributed by atoms with Crippen molar-refractivity contribution < 1.29 is 13.0 Å². The molecule has 1 aliphatic heterocycles. The molecule has 2 atom stereocenters. The SMILES string of the molecule is CC[S@@](=O)c1ccc(N2CCC(F)C2)c(-c2[nH]c3ccccc3c2F)c1. The second-order valence-electron chi connectivity index (χ2n) is 6.50. The van der Waals surface area contributed by atoms with Crippen molar-refractivity contribution in [3.05, 3.63) is 48.3 Å². The first kappa shape index (κ1) is 17.2. The van der Waals surface area contributed by atoms with Crippen molar-refractivity contribution in [1.29, 1.82) is 0 Å². The summed E-state index contributed by atoms with van der Waals surface area (Å²) in [7, 11) is -1.14. The number of benzene rings is 2. The lowest BCUT2D eigenvalue weighted by Crippen LogP contribution is -2.21. The average molecular weight is 374 g/mol. The maximum Gasteiger partial charge on any atom is 0.156 e. The molecule has 0 radical (unpaired) electrons. The summed E-state index contributed by atoms with van der Waals surface area (Å²) in [4.78, 5) is 5.73. The topological polar surface area (TPSA) is 36.1 Å².